The molecule has 0 saturated carbocycles. The summed E-state index contributed by atoms with van der Waals surface area (Å²) < 4.78 is 0. The van der Waals surface area contributed by atoms with E-state index in [2.05, 4.69) is 27.7 Å². The van der Waals surface area contributed by atoms with E-state index in [4.69, 9.17) is 5.11 Å². The first-order valence-corrected chi connectivity index (χ1v) is 6.90. The standard InChI is InChI=1S/C16H24O3/c1-10(2)13-8-12(6-5-7-15(17)18)9-14(11(3)4)16(13)19/h8-11,19H,5-7H2,1-4H3,(H,17,18). The van der Waals surface area contributed by atoms with Crippen molar-refractivity contribution in [2.75, 3.05) is 0 Å². The highest BCUT2D eigenvalue weighted by Crippen LogP contribution is 2.35. The largest absolute Gasteiger partial charge is 0.507 e. The molecule has 1 rings (SSSR count). The molecule has 3 heteroatoms. The van der Waals surface area contributed by atoms with Crippen LogP contribution in [0.25, 0.3) is 0 Å². The molecule has 0 aliphatic rings. The molecule has 1 aromatic rings. The quantitative estimate of drug-likeness (QED) is 0.815. The van der Waals surface area contributed by atoms with Crippen molar-refractivity contribution in [2.45, 2.75) is 58.8 Å². The van der Waals surface area contributed by atoms with Gasteiger partial charge in [0, 0.05) is 6.42 Å². The molecule has 0 bridgehead atoms. The Morgan fingerprint density at radius 2 is 1.58 bits per heavy atom. The third kappa shape index (κ3) is 4.27. The van der Waals surface area contributed by atoms with E-state index in [0.29, 0.717) is 12.2 Å². The third-order valence-corrected chi connectivity index (χ3v) is 3.33. The van der Waals surface area contributed by atoms with Gasteiger partial charge in [0.05, 0.1) is 0 Å². The molecule has 0 atom stereocenters. The van der Waals surface area contributed by atoms with Crippen LogP contribution in [-0.2, 0) is 11.2 Å². The van der Waals surface area contributed by atoms with Gasteiger partial charge in [-0.15, -0.1) is 0 Å². The lowest BCUT2D eigenvalue weighted by Crippen LogP contribution is -2.00. The van der Waals surface area contributed by atoms with E-state index < -0.39 is 5.97 Å². The number of carboxylic acid groups (broad SMARTS) is 1. The minimum Gasteiger partial charge on any atom is -0.507 e. The Kier molecular flexibility index (Phi) is 5.40. The molecule has 0 aliphatic heterocycles. The highest BCUT2D eigenvalue weighted by Gasteiger charge is 2.15. The first kappa shape index (κ1) is 15.5. The van der Waals surface area contributed by atoms with Crippen LogP contribution < -0.4 is 0 Å². The number of carboxylic acids is 1. The number of aliphatic carboxylic acids is 1. The van der Waals surface area contributed by atoms with Crippen LogP contribution in [0.1, 0.15) is 69.1 Å². The second kappa shape index (κ2) is 6.60. The molecule has 1 aromatic carbocycles. The number of carbonyl (C=O) groups is 1. The van der Waals surface area contributed by atoms with Gasteiger partial charge in [-0.3, -0.25) is 4.79 Å². The minimum atomic E-state index is -0.757. The summed E-state index contributed by atoms with van der Waals surface area (Å²) in [6.45, 7) is 8.22. The molecule has 0 amide bonds. The van der Waals surface area contributed by atoms with Crippen molar-refractivity contribution in [3.8, 4) is 5.75 Å². The predicted molar refractivity (Wildman–Crippen MR) is 76.9 cm³/mol. The van der Waals surface area contributed by atoms with E-state index in [1.54, 1.807) is 0 Å². The highest BCUT2D eigenvalue weighted by molar-refractivity contribution is 5.66. The monoisotopic (exact) mass is 264 g/mol. The van der Waals surface area contributed by atoms with Gasteiger partial charge >= 0.3 is 5.97 Å². The number of aryl methyl sites for hydroxylation is 1. The van der Waals surface area contributed by atoms with Crippen LogP contribution in [0.2, 0.25) is 0 Å². The van der Waals surface area contributed by atoms with E-state index in [9.17, 15) is 9.90 Å². The van der Waals surface area contributed by atoms with E-state index in [1.165, 1.54) is 0 Å². The zero-order valence-corrected chi connectivity index (χ0v) is 12.2. The summed E-state index contributed by atoms with van der Waals surface area (Å²) in [6.07, 6.45) is 1.57. The number of rotatable bonds is 6. The molecule has 0 radical (unpaired) electrons. The fourth-order valence-corrected chi connectivity index (χ4v) is 2.21. The van der Waals surface area contributed by atoms with Gasteiger partial charge in [-0.05, 0) is 41.4 Å². The molecule has 106 valence electrons. The fourth-order valence-electron chi connectivity index (χ4n) is 2.21. The minimum absolute atomic E-state index is 0.189. The SMILES string of the molecule is CC(C)c1cc(CCCC(=O)O)cc(C(C)C)c1O. The predicted octanol–water partition coefficient (Wildman–Crippen LogP) is 4.05. The molecule has 0 heterocycles. The van der Waals surface area contributed by atoms with E-state index in [0.717, 1.165) is 23.1 Å². The summed E-state index contributed by atoms with van der Waals surface area (Å²) in [4.78, 5) is 10.6. The second-order valence-electron chi connectivity index (χ2n) is 5.68. The molecule has 0 aromatic heterocycles. The van der Waals surface area contributed by atoms with E-state index in [-0.39, 0.29) is 18.3 Å². The zero-order valence-electron chi connectivity index (χ0n) is 12.2. The molecule has 0 unspecified atom stereocenters. The van der Waals surface area contributed by atoms with Crippen LogP contribution in [0, 0.1) is 0 Å². The average Bonchev–Trinajstić information content (AvgIpc) is 2.29. The Balaban J connectivity index is 3.01. The molecule has 3 nitrogen and oxygen atoms in total. The molecule has 0 saturated heterocycles. The topological polar surface area (TPSA) is 57.5 Å². The number of hydrogen-bond donors (Lipinski definition) is 2. The van der Waals surface area contributed by atoms with E-state index >= 15 is 0 Å². The van der Waals surface area contributed by atoms with E-state index in [1.807, 2.05) is 12.1 Å². The molecule has 19 heavy (non-hydrogen) atoms. The van der Waals surface area contributed by atoms with Crippen molar-refractivity contribution in [2.24, 2.45) is 0 Å². The number of hydrogen-bond acceptors (Lipinski definition) is 2. The van der Waals surface area contributed by atoms with Crippen molar-refractivity contribution in [3.63, 3.8) is 0 Å². The first-order valence-electron chi connectivity index (χ1n) is 6.90. The molecular formula is C16H24O3. The lowest BCUT2D eigenvalue weighted by Gasteiger charge is -2.17. The summed E-state index contributed by atoms with van der Waals surface area (Å²) in [5.74, 6) is 0.160. The van der Waals surface area contributed by atoms with Gasteiger partial charge in [0.25, 0.3) is 0 Å². The maximum absolute atomic E-state index is 10.6. The fraction of sp³-hybridized carbons (Fsp3) is 0.562. The van der Waals surface area contributed by atoms with Crippen LogP contribution >= 0.6 is 0 Å². The Labute approximate surface area is 115 Å². The Hall–Kier alpha value is -1.51. The first-order chi connectivity index (χ1) is 8.82. The molecule has 2 N–H and O–H groups in total. The third-order valence-electron chi connectivity index (χ3n) is 3.33. The van der Waals surface area contributed by atoms with Gasteiger partial charge in [0.2, 0.25) is 0 Å². The lowest BCUT2D eigenvalue weighted by atomic mass is 9.90. The number of phenols is 1. The van der Waals surface area contributed by atoms with Gasteiger partial charge in [0.1, 0.15) is 5.75 Å². The van der Waals surface area contributed by atoms with Crippen molar-refractivity contribution in [1.82, 2.24) is 0 Å². The summed E-state index contributed by atoms with van der Waals surface area (Å²) >= 11 is 0. The van der Waals surface area contributed by atoms with Crippen molar-refractivity contribution < 1.29 is 15.0 Å². The van der Waals surface area contributed by atoms with Crippen molar-refractivity contribution >= 4 is 5.97 Å². The number of phenolic OH excluding ortho intramolecular Hbond substituents is 1. The smallest absolute Gasteiger partial charge is 0.303 e. The highest BCUT2D eigenvalue weighted by atomic mass is 16.4. The summed E-state index contributed by atoms with van der Waals surface area (Å²) in [5.41, 5.74) is 3.03. The van der Waals surface area contributed by atoms with Crippen LogP contribution in [0.15, 0.2) is 12.1 Å². The van der Waals surface area contributed by atoms with Crippen molar-refractivity contribution in [3.05, 3.63) is 28.8 Å². The van der Waals surface area contributed by atoms with Gasteiger partial charge < -0.3 is 10.2 Å². The molecule has 0 aliphatic carbocycles. The van der Waals surface area contributed by atoms with Crippen LogP contribution in [-0.4, -0.2) is 16.2 Å². The van der Waals surface area contributed by atoms with Crippen LogP contribution in [0.4, 0.5) is 0 Å². The molecular weight excluding hydrogens is 240 g/mol. The Morgan fingerprint density at radius 3 is 1.95 bits per heavy atom. The average molecular weight is 264 g/mol. The number of aromatic hydroxyl groups is 1. The molecule has 0 spiro atoms. The van der Waals surface area contributed by atoms with Gasteiger partial charge in [-0.2, -0.15) is 0 Å². The van der Waals surface area contributed by atoms with Gasteiger partial charge in [-0.1, -0.05) is 39.8 Å². The maximum atomic E-state index is 10.6. The summed E-state index contributed by atoms with van der Waals surface area (Å²) in [6, 6.07) is 4.02. The normalized spacial score (nSPS) is 11.3. The zero-order chi connectivity index (χ0) is 14.6. The van der Waals surface area contributed by atoms with Crippen molar-refractivity contribution in [1.29, 1.82) is 0 Å². The number of benzene rings is 1. The van der Waals surface area contributed by atoms with Crippen LogP contribution in [0.5, 0.6) is 5.75 Å². The summed E-state index contributed by atoms with van der Waals surface area (Å²) in [7, 11) is 0. The Bertz CT molecular complexity index is 418. The lowest BCUT2D eigenvalue weighted by molar-refractivity contribution is -0.137. The second-order valence-corrected chi connectivity index (χ2v) is 5.68. The summed E-state index contributed by atoms with van der Waals surface area (Å²) in [5, 5.41) is 19.0. The molecule has 0 fully saturated rings. The van der Waals surface area contributed by atoms with Crippen LogP contribution in [0.3, 0.4) is 0 Å². The maximum Gasteiger partial charge on any atom is 0.303 e. The van der Waals surface area contributed by atoms with Gasteiger partial charge in [-0.25, -0.2) is 0 Å². The Morgan fingerprint density at radius 1 is 1.11 bits per heavy atom. The van der Waals surface area contributed by atoms with Gasteiger partial charge in [0.15, 0.2) is 0 Å².